The minimum absolute atomic E-state index is 0.0108. The second-order valence-electron chi connectivity index (χ2n) is 7.04. The molecule has 31 heavy (non-hydrogen) atoms. The van der Waals surface area contributed by atoms with Crippen LogP contribution in [0, 0.1) is 0 Å². The molecular weight excluding hydrogens is 396 g/mol. The molecule has 0 aliphatic rings. The number of phenols is 1. The van der Waals surface area contributed by atoms with Gasteiger partial charge in [-0.1, -0.05) is 38.5 Å². The Labute approximate surface area is 180 Å². The number of carbonyl (C=O) groups is 1. The van der Waals surface area contributed by atoms with E-state index >= 15 is 0 Å². The molecule has 8 nitrogen and oxygen atoms in total. The number of unbranched alkanes of at least 4 members (excludes halogenated alkanes) is 1. The van der Waals surface area contributed by atoms with E-state index in [2.05, 4.69) is 15.6 Å². The fraction of sp³-hybridized carbons (Fsp3) is 0.304. The highest BCUT2D eigenvalue weighted by Crippen LogP contribution is 2.22. The minimum atomic E-state index is -0.542. The van der Waals surface area contributed by atoms with Crippen molar-refractivity contribution in [1.82, 2.24) is 15.2 Å². The summed E-state index contributed by atoms with van der Waals surface area (Å²) >= 11 is 0. The molecule has 162 valence electrons. The van der Waals surface area contributed by atoms with Gasteiger partial charge in [-0.3, -0.25) is 9.59 Å². The Morgan fingerprint density at radius 2 is 1.97 bits per heavy atom. The second kappa shape index (κ2) is 10.4. The highest BCUT2D eigenvalue weighted by molar-refractivity contribution is 6.05. The van der Waals surface area contributed by atoms with Gasteiger partial charge in [-0.05, 0) is 31.0 Å². The Balaban J connectivity index is 1.82. The number of nitrogens with zero attached hydrogens (tertiary/aromatic N) is 3. The van der Waals surface area contributed by atoms with Crippen molar-refractivity contribution in [3.63, 3.8) is 0 Å². The van der Waals surface area contributed by atoms with Crippen molar-refractivity contribution in [2.24, 2.45) is 5.10 Å². The Bertz CT molecular complexity index is 1150. The first-order chi connectivity index (χ1) is 15.0. The van der Waals surface area contributed by atoms with E-state index in [4.69, 9.17) is 4.74 Å². The number of aromatic nitrogens is 2. The molecule has 0 aliphatic carbocycles. The summed E-state index contributed by atoms with van der Waals surface area (Å²) in [7, 11) is 0. The Morgan fingerprint density at radius 1 is 1.19 bits per heavy atom. The van der Waals surface area contributed by atoms with Gasteiger partial charge < -0.3 is 9.84 Å². The minimum Gasteiger partial charge on any atom is -0.507 e. The number of hydrogen-bond donors (Lipinski definition) is 2. The van der Waals surface area contributed by atoms with Gasteiger partial charge in [0.25, 0.3) is 11.5 Å². The fourth-order valence-corrected chi connectivity index (χ4v) is 3.02. The van der Waals surface area contributed by atoms with Crippen LogP contribution >= 0.6 is 0 Å². The number of benzene rings is 2. The van der Waals surface area contributed by atoms with Crippen LogP contribution < -0.4 is 15.7 Å². The summed E-state index contributed by atoms with van der Waals surface area (Å²) < 4.78 is 6.80. The molecule has 0 bridgehead atoms. The van der Waals surface area contributed by atoms with E-state index in [1.807, 2.05) is 13.8 Å². The first-order valence-corrected chi connectivity index (χ1v) is 10.3. The highest BCUT2D eigenvalue weighted by Gasteiger charge is 2.16. The zero-order valence-corrected chi connectivity index (χ0v) is 17.7. The highest BCUT2D eigenvalue weighted by atomic mass is 16.5. The van der Waals surface area contributed by atoms with Crippen LogP contribution in [0.3, 0.4) is 0 Å². The molecule has 2 N–H and O–H groups in total. The van der Waals surface area contributed by atoms with Gasteiger partial charge in [-0.2, -0.15) is 10.2 Å². The predicted octanol–water partition coefficient (Wildman–Crippen LogP) is 3.45. The fourth-order valence-electron chi connectivity index (χ4n) is 3.02. The maximum absolute atomic E-state index is 12.8. The average molecular weight is 422 g/mol. The summed E-state index contributed by atoms with van der Waals surface area (Å²) in [6, 6.07) is 11.7. The second-order valence-corrected chi connectivity index (χ2v) is 7.04. The number of hydrazone groups is 1. The summed E-state index contributed by atoms with van der Waals surface area (Å²) in [6.07, 6.45) is 3.89. The molecule has 1 aromatic heterocycles. The molecule has 0 spiro atoms. The van der Waals surface area contributed by atoms with E-state index in [1.54, 1.807) is 36.4 Å². The van der Waals surface area contributed by atoms with Crippen molar-refractivity contribution in [3.8, 4) is 11.5 Å². The number of rotatable bonds is 9. The summed E-state index contributed by atoms with van der Waals surface area (Å²) in [6.45, 7) is 5.01. The van der Waals surface area contributed by atoms with Crippen LogP contribution in [0.15, 0.2) is 52.4 Å². The number of nitrogens with one attached hydrogen (secondary N) is 1. The lowest BCUT2D eigenvalue weighted by atomic mass is 10.1. The zero-order valence-electron chi connectivity index (χ0n) is 17.7. The van der Waals surface area contributed by atoms with Crippen molar-refractivity contribution in [2.45, 2.75) is 39.7 Å². The third-order valence-corrected chi connectivity index (χ3v) is 4.65. The maximum Gasteiger partial charge on any atom is 0.292 e. The van der Waals surface area contributed by atoms with Crippen LogP contribution in [0.25, 0.3) is 10.8 Å². The van der Waals surface area contributed by atoms with Gasteiger partial charge in [0.1, 0.15) is 11.5 Å². The quantitative estimate of drug-likeness (QED) is 0.406. The van der Waals surface area contributed by atoms with Crippen molar-refractivity contribution in [2.75, 3.05) is 6.61 Å². The largest absolute Gasteiger partial charge is 0.507 e. The standard InChI is InChI=1S/C23H26N4O4/c1-3-5-12-27-23(30)19-9-7-6-8-18(19)21(26-27)22(29)25-24-15-16-10-11-17(14-20(16)28)31-13-4-2/h6-11,14-15,28H,3-5,12-13H2,1-2H3,(H,25,29)/b24-15+. The number of fused-ring (bicyclic) bond motifs is 1. The summed E-state index contributed by atoms with van der Waals surface area (Å²) in [5, 5.41) is 19.2. The van der Waals surface area contributed by atoms with Crippen molar-refractivity contribution in [3.05, 3.63) is 64.1 Å². The molecule has 0 saturated carbocycles. The van der Waals surface area contributed by atoms with Crippen molar-refractivity contribution < 1.29 is 14.6 Å². The van der Waals surface area contributed by atoms with Gasteiger partial charge in [0, 0.05) is 23.6 Å². The Morgan fingerprint density at radius 3 is 2.68 bits per heavy atom. The molecule has 0 fully saturated rings. The monoisotopic (exact) mass is 422 g/mol. The summed E-state index contributed by atoms with van der Waals surface area (Å²) in [5.74, 6) is 0.00826. The predicted molar refractivity (Wildman–Crippen MR) is 120 cm³/mol. The number of hydrogen-bond acceptors (Lipinski definition) is 6. The molecule has 0 aliphatic heterocycles. The van der Waals surface area contributed by atoms with Gasteiger partial charge in [-0.25, -0.2) is 10.1 Å². The van der Waals surface area contributed by atoms with Crippen molar-refractivity contribution in [1.29, 1.82) is 0 Å². The molecule has 0 radical (unpaired) electrons. The lowest BCUT2D eigenvalue weighted by molar-refractivity contribution is 0.0949. The number of phenolic OH excluding ortho intramolecular Hbond substituents is 1. The summed E-state index contributed by atoms with van der Waals surface area (Å²) in [5.41, 5.74) is 2.75. The maximum atomic E-state index is 12.8. The zero-order chi connectivity index (χ0) is 22.2. The number of amides is 1. The van der Waals surface area contributed by atoms with E-state index in [-0.39, 0.29) is 17.0 Å². The Hall–Kier alpha value is -3.68. The molecule has 1 amide bonds. The van der Waals surface area contributed by atoms with Crippen LogP contribution in [0.1, 0.15) is 49.2 Å². The third kappa shape index (κ3) is 5.28. The van der Waals surface area contributed by atoms with Gasteiger partial charge in [0.2, 0.25) is 0 Å². The Kier molecular flexibility index (Phi) is 7.37. The van der Waals surface area contributed by atoms with Crippen LogP contribution in [0.4, 0.5) is 0 Å². The van der Waals surface area contributed by atoms with E-state index in [0.29, 0.717) is 35.2 Å². The topological polar surface area (TPSA) is 106 Å². The molecule has 0 unspecified atom stereocenters. The lowest BCUT2D eigenvalue weighted by Crippen LogP contribution is -2.29. The van der Waals surface area contributed by atoms with Gasteiger partial charge in [-0.15, -0.1) is 0 Å². The smallest absolute Gasteiger partial charge is 0.292 e. The number of aryl methyl sites for hydroxylation is 1. The van der Waals surface area contributed by atoms with E-state index in [0.717, 1.165) is 19.3 Å². The van der Waals surface area contributed by atoms with Gasteiger partial charge in [0.05, 0.1) is 18.2 Å². The van der Waals surface area contributed by atoms with Gasteiger partial charge in [0.15, 0.2) is 5.69 Å². The molecule has 0 atom stereocenters. The molecule has 3 rings (SSSR count). The molecular formula is C23H26N4O4. The first kappa shape index (κ1) is 22.0. The van der Waals surface area contributed by atoms with E-state index < -0.39 is 5.91 Å². The first-order valence-electron chi connectivity index (χ1n) is 10.3. The van der Waals surface area contributed by atoms with Crippen LogP contribution in [-0.2, 0) is 6.54 Å². The number of ether oxygens (including phenoxy) is 1. The van der Waals surface area contributed by atoms with E-state index in [9.17, 15) is 14.7 Å². The van der Waals surface area contributed by atoms with Gasteiger partial charge >= 0.3 is 0 Å². The number of aromatic hydroxyl groups is 1. The van der Waals surface area contributed by atoms with Crippen LogP contribution in [0.2, 0.25) is 0 Å². The summed E-state index contributed by atoms with van der Waals surface area (Å²) in [4.78, 5) is 25.4. The SMILES string of the molecule is CCCCn1nc(C(=O)N/N=C/c2ccc(OCCC)cc2O)c2ccccc2c1=O. The lowest BCUT2D eigenvalue weighted by Gasteiger charge is -2.09. The van der Waals surface area contributed by atoms with E-state index in [1.165, 1.54) is 17.0 Å². The third-order valence-electron chi connectivity index (χ3n) is 4.65. The molecule has 0 saturated heterocycles. The average Bonchev–Trinajstić information content (AvgIpc) is 2.78. The molecule has 3 aromatic rings. The van der Waals surface area contributed by atoms with Crippen LogP contribution in [-0.4, -0.2) is 33.6 Å². The molecule has 8 heteroatoms. The van der Waals surface area contributed by atoms with Crippen molar-refractivity contribution >= 4 is 22.9 Å². The molecule has 1 heterocycles. The van der Waals surface area contributed by atoms with Crippen LogP contribution in [0.5, 0.6) is 11.5 Å². The number of carbonyl (C=O) groups excluding carboxylic acids is 1. The molecule has 2 aromatic carbocycles. The normalized spacial score (nSPS) is 11.2.